The van der Waals surface area contributed by atoms with Crippen molar-refractivity contribution in [1.82, 2.24) is 10.5 Å². The zero-order valence-corrected chi connectivity index (χ0v) is 13.0. The third-order valence-corrected chi connectivity index (χ3v) is 3.03. The zero-order chi connectivity index (χ0) is 15.0. The predicted molar refractivity (Wildman–Crippen MR) is 78.0 cm³/mol. The van der Waals surface area contributed by atoms with Crippen LogP contribution < -0.4 is 5.32 Å². The Balaban J connectivity index is 2.34. The van der Waals surface area contributed by atoms with Crippen molar-refractivity contribution in [2.45, 2.75) is 52.9 Å². The Morgan fingerprint density at radius 2 is 2.05 bits per heavy atom. The van der Waals surface area contributed by atoms with Crippen molar-refractivity contribution in [3.05, 3.63) is 17.0 Å². The second kappa shape index (κ2) is 8.74. The molecule has 20 heavy (non-hydrogen) atoms. The van der Waals surface area contributed by atoms with Crippen LogP contribution >= 0.6 is 0 Å². The van der Waals surface area contributed by atoms with E-state index in [0.29, 0.717) is 30.2 Å². The first-order valence-corrected chi connectivity index (χ1v) is 7.40. The smallest absolute Gasteiger partial charge is 0.256 e. The number of nitrogens with one attached hydrogen (secondary N) is 1. The molecule has 0 radical (unpaired) electrons. The second-order valence-electron chi connectivity index (χ2n) is 5.24. The standard InChI is InChI=1S/C15H26N2O3/c1-5-6-9-19-10-7-8-16-15(18)13-12(4)17-20-14(13)11(2)3/h11H,5-10H2,1-4H3,(H,16,18). The normalized spacial score (nSPS) is 11.1. The maximum Gasteiger partial charge on any atom is 0.256 e. The summed E-state index contributed by atoms with van der Waals surface area (Å²) in [4.78, 5) is 12.1. The minimum absolute atomic E-state index is 0.110. The highest BCUT2D eigenvalue weighted by Crippen LogP contribution is 2.21. The van der Waals surface area contributed by atoms with Gasteiger partial charge in [0.2, 0.25) is 0 Å². The minimum Gasteiger partial charge on any atom is -0.381 e. The van der Waals surface area contributed by atoms with Gasteiger partial charge in [-0.25, -0.2) is 0 Å². The molecule has 0 aromatic carbocycles. The fourth-order valence-electron chi connectivity index (χ4n) is 1.87. The first kappa shape index (κ1) is 16.7. The van der Waals surface area contributed by atoms with Crippen LogP contribution in [0.3, 0.4) is 0 Å². The molecule has 114 valence electrons. The molecule has 0 bridgehead atoms. The number of unbranched alkanes of at least 4 members (excludes halogenated alkanes) is 1. The Labute approximate surface area is 121 Å². The maximum absolute atomic E-state index is 12.1. The highest BCUT2D eigenvalue weighted by Gasteiger charge is 2.21. The van der Waals surface area contributed by atoms with Crippen molar-refractivity contribution in [1.29, 1.82) is 0 Å². The van der Waals surface area contributed by atoms with E-state index in [1.165, 1.54) is 0 Å². The van der Waals surface area contributed by atoms with E-state index in [2.05, 4.69) is 17.4 Å². The van der Waals surface area contributed by atoms with Gasteiger partial charge >= 0.3 is 0 Å². The molecular formula is C15H26N2O3. The zero-order valence-electron chi connectivity index (χ0n) is 13.0. The van der Waals surface area contributed by atoms with Crippen molar-refractivity contribution >= 4 is 5.91 Å². The number of rotatable bonds is 9. The molecule has 0 saturated heterocycles. The van der Waals surface area contributed by atoms with Crippen LogP contribution in [0.15, 0.2) is 4.52 Å². The summed E-state index contributed by atoms with van der Waals surface area (Å²) < 4.78 is 10.7. The van der Waals surface area contributed by atoms with Crippen LogP contribution in [0.2, 0.25) is 0 Å². The number of hydrogen-bond acceptors (Lipinski definition) is 4. The van der Waals surface area contributed by atoms with Crippen LogP contribution in [0.4, 0.5) is 0 Å². The van der Waals surface area contributed by atoms with Crippen molar-refractivity contribution in [3.8, 4) is 0 Å². The van der Waals surface area contributed by atoms with E-state index in [0.717, 1.165) is 25.9 Å². The van der Waals surface area contributed by atoms with Gasteiger partial charge in [0.1, 0.15) is 5.56 Å². The first-order chi connectivity index (χ1) is 9.57. The third kappa shape index (κ3) is 4.96. The molecule has 1 aromatic rings. The van der Waals surface area contributed by atoms with Crippen molar-refractivity contribution in [2.24, 2.45) is 0 Å². The number of aryl methyl sites for hydroxylation is 1. The molecule has 0 saturated carbocycles. The molecule has 1 aromatic heterocycles. The van der Waals surface area contributed by atoms with Crippen LogP contribution in [0, 0.1) is 6.92 Å². The first-order valence-electron chi connectivity index (χ1n) is 7.40. The lowest BCUT2D eigenvalue weighted by molar-refractivity contribution is 0.0937. The van der Waals surface area contributed by atoms with Crippen molar-refractivity contribution in [3.63, 3.8) is 0 Å². The third-order valence-electron chi connectivity index (χ3n) is 3.03. The van der Waals surface area contributed by atoms with Gasteiger partial charge in [0.15, 0.2) is 5.76 Å². The number of ether oxygens (including phenoxy) is 1. The molecule has 1 heterocycles. The molecule has 1 N–H and O–H groups in total. The van der Waals surface area contributed by atoms with Gasteiger partial charge in [0, 0.05) is 25.7 Å². The summed E-state index contributed by atoms with van der Waals surface area (Å²) in [5.74, 6) is 0.689. The Morgan fingerprint density at radius 1 is 1.35 bits per heavy atom. The molecule has 0 aliphatic carbocycles. The van der Waals surface area contributed by atoms with Crippen LogP contribution in [0.5, 0.6) is 0 Å². The monoisotopic (exact) mass is 282 g/mol. The molecular weight excluding hydrogens is 256 g/mol. The molecule has 1 rings (SSSR count). The summed E-state index contributed by atoms with van der Waals surface area (Å²) in [6, 6.07) is 0. The topological polar surface area (TPSA) is 64.4 Å². The Bertz CT molecular complexity index is 413. The van der Waals surface area contributed by atoms with E-state index in [4.69, 9.17) is 9.26 Å². The molecule has 5 nitrogen and oxygen atoms in total. The van der Waals surface area contributed by atoms with Gasteiger partial charge in [0.05, 0.1) is 5.69 Å². The summed E-state index contributed by atoms with van der Waals surface area (Å²) in [5.41, 5.74) is 1.22. The lowest BCUT2D eigenvalue weighted by Gasteiger charge is -2.07. The van der Waals surface area contributed by atoms with E-state index < -0.39 is 0 Å². The summed E-state index contributed by atoms with van der Waals surface area (Å²) in [7, 11) is 0. The molecule has 0 spiro atoms. The van der Waals surface area contributed by atoms with Gasteiger partial charge in [-0.05, 0) is 19.8 Å². The lowest BCUT2D eigenvalue weighted by Crippen LogP contribution is -2.26. The van der Waals surface area contributed by atoms with Crippen molar-refractivity contribution in [2.75, 3.05) is 19.8 Å². The summed E-state index contributed by atoms with van der Waals surface area (Å²) >= 11 is 0. The number of carbonyl (C=O) groups excluding carboxylic acids is 1. The van der Waals surface area contributed by atoms with Gasteiger partial charge in [-0.3, -0.25) is 4.79 Å². The molecule has 0 aliphatic heterocycles. The van der Waals surface area contributed by atoms with Crippen LogP contribution in [-0.2, 0) is 4.74 Å². The molecule has 0 fully saturated rings. The maximum atomic E-state index is 12.1. The number of carbonyl (C=O) groups is 1. The second-order valence-corrected chi connectivity index (χ2v) is 5.24. The quantitative estimate of drug-likeness (QED) is 0.707. The van der Waals surface area contributed by atoms with Gasteiger partial charge in [0.25, 0.3) is 5.91 Å². The molecule has 0 unspecified atom stereocenters. The number of nitrogens with zero attached hydrogens (tertiary/aromatic N) is 1. The highest BCUT2D eigenvalue weighted by molar-refractivity contribution is 5.96. The van der Waals surface area contributed by atoms with Gasteiger partial charge in [-0.1, -0.05) is 32.3 Å². The molecule has 0 atom stereocenters. The van der Waals surface area contributed by atoms with Crippen molar-refractivity contribution < 1.29 is 14.1 Å². The Hall–Kier alpha value is -1.36. The molecule has 5 heteroatoms. The van der Waals surface area contributed by atoms with Crippen LogP contribution in [0.1, 0.15) is 67.8 Å². The van der Waals surface area contributed by atoms with Crippen LogP contribution in [-0.4, -0.2) is 30.8 Å². The van der Waals surface area contributed by atoms with Gasteiger partial charge < -0.3 is 14.6 Å². The Morgan fingerprint density at radius 3 is 2.70 bits per heavy atom. The predicted octanol–water partition coefficient (Wildman–Crippen LogP) is 3.04. The molecule has 1 amide bonds. The molecule has 0 aliphatic rings. The number of hydrogen-bond donors (Lipinski definition) is 1. The fourth-order valence-corrected chi connectivity index (χ4v) is 1.87. The largest absolute Gasteiger partial charge is 0.381 e. The summed E-state index contributed by atoms with van der Waals surface area (Å²) in [5, 5.41) is 6.77. The summed E-state index contributed by atoms with van der Waals surface area (Å²) in [6.07, 6.45) is 3.04. The lowest BCUT2D eigenvalue weighted by atomic mass is 10.0. The fraction of sp³-hybridized carbons (Fsp3) is 0.733. The van der Waals surface area contributed by atoms with E-state index in [-0.39, 0.29) is 11.8 Å². The van der Waals surface area contributed by atoms with E-state index in [9.17, 15) is 4.79 Å². The average Bonchev–Trinajstić information content (AvgIpc) is 2.79. The van der Waals surface area contributed by atoms with Crippen LogP contribution in [0.25, 0.3) is 0 Å². The van der Waals surface area contributed by atoms with Gasteiger partial charge in [-0.2, -0.15) is 0 Å². The average molecular weight is 282 g/mol. The minimum atomic E-state index is -0.110. The SMILES string of the molecule is CCCCOCCCNC(=O)c1c(C)noc1C(C)C. The van der Waals surface area contributed by atoms with E-state index in [1.54, 1.807) is 6.92 Å². The highest BCUT2D eigenvalue weighted by atomic mass is 16.5. The Kier molecular flexibility index (Phi) is 7.30. The number of aromatic nitrogens is 1. The van der Waals surface area contributed by atoms with Gasteiger partial charge in [-0.15, -0.1) is 0 Å². The number of amides is 1. The van der Waals surface area contributed by atoms with E-state index >= 15 is 0 Å². The van der Waals surface area contributed by atoms with E-state index in [1.807, 2.05) is 13.8 Å². The summed E-state index contributed by atoms with van der Waals surface area (Å²) in [6.45, 7) is 9.98.